The second-order valence-electron chi connectivity index (χ2n) is 11.5. The Labute approximate surface area is 277 Å². The van der Waals surface area contributed by atoms with Gasteiger partial charge in [0, 0.05) is 23.1 Å². The van der Waals surface area contributed by atoms with Crippen LogP contribution >= 0.6 is 0 Å². The molecule has 0 fully saturated rings. The first-order valence-corrected chi connectivity index (χ1v) is 14.6. The Morgan fingerprint density at radius 2 is 1.07 bits per heavy atom. The van der Waals surface area contributed by atoms with Crippen molar-refractivity contribution in [1.29, 1.82) is 0 Å². The Bertz CT molecular complexity index is 1940. The SMILES string of the molecule is CC1=C(C(C)O)c2cc3nc(cc4[n-]c(cc5[n-]c(cc1n2)c(C)c5CCC(=O)[O-])c(CCC(=O)[O-])c4C)C(C(C)O)=C3C.[109Pd+2].[H+].[H+]. The number of aliphatic hydroxyl groups excluding tert-OH is 2. The van der Waals surface area contributed by atoms with E-state index in [1.54, 1.807) is 32.0 Å². The van der Waals surface area contributed by atoms with Crippen LogP contribution in [0.1, 0.15) is 88.4 Å². The van der Waals surface area contributed by atoms with E-state index in [-0.39, 0.29) is 49.0 Å². The van der Waals surface area contributed by atoms with E-state index in [2.05, 4.69) is 0 Å². The number of fused-ring (bicyclic) bond motifs is 8. The van der Waals surface area contributed by atoms with Crippen LogP contribution in [0.3, 0.4) is 0 Å². The van der Waals surface area contributed by atoms with Crippen LogP contribution in [0.25, 0.3) is 44.4 Å². The van der Waals surface area contributed by atoms with Gasteiger partial charge in [0.1, 0.15) is 0 Å². The molecule has 0 saturated carbocycles. The molecule has 5 heterocycles. The van der Waals surface area contributed by atoms with Crippen molar-refractivity contribution in [3.8, 4) is 0 Å². The second-order valence-corrected chi connectivity index (χ2v) is 11.5. The summed E-state index contributed by atoms with van der Waals surface area (Å²) in [5.41, 5.74) is 10.2. The van der Waals surface area contributed by atoms with Gasteiger partial charge in [0.05, 0.1) is 35.0 Å². The zero-order valence-electron chi connectivity index (χ0n) is 27.9. The molecule has 10 nitrogen and oxygen atoms in total. The van der Waals surface area contributed by atoms with Gasteiger partial charge in [0.2, 0.25) is 0 Å². The number of allylic oxidation sites excluding steroid dienone is 2. The van der Waals surface area contributed by atoms with Crippen molar-refractivity contribution in [3.63, 3.8) is 0 Å². The van der Waals surface area contributed by atoms with Crippen LogP contribution in [0.5, 0.6) is 0 Å². The van der Waals surface area contributed by atoms with Gasteiger partial charge in [-0.05, 0) is 84.4 Å². The number of nitrogens with zero attached hydrogens (tertiary/aromatic N) is 4. The van der Waals surface area contributed by atoms with Gasteiger partial charge in [0.15, 0.2) is 0 Å². The number of rotatable bonds is 8. The summed E-state index contributed by atoms with van der Waals surface area (Å²) < 4.78 is 0. The zero-order valence-corrected chi connectivity index (χ0v) is 27.5. The van der Waals surface area contributed by atoms with Crippen molar-refractivity contribution in [3.05, 3.63) is 69.3 Å². The predicted molar refractivity (Wildman–Crippen MR) is 166 cm³/mol. The van der Waals surface area contributed by atoms with Crippen LogP contribution in [0.15, 0.2) is 24.3 Å². The molecule has 2 aliphatic rings. The number of aromatic nitrogens is 4. The minimum atomic E-state index is -1.19. The average Bonchev–Trinajstić information content (AvgIpc) is 3.59. The normalized spacial score (nSPS) is 14.4. The molecule has 238 valence electrons. The molecule has 3 aromatic heterocycles. The number of aryl methyl sites for hydroxylation is 4. The van der Waals surface area contributed by atoms with E-state index in [9.17, 15) is 30.0 Å². The fourth-order valence-electron chi connectivity index (χ4n) is 6.14. The maximum Gasteiger partial charge on any atom is 2.00 e. The van der Waals surface area contributed by atoms with Gasteiger partial charge in [-0.3, -0.25) is 0 Å². The van der Waals surface area contributed by atoms with Crippen LogP contribution < -0.4 is 20.2 Å². The minimum Gasteiger partial charge on any atom is -0.657 e. The molecule has 5 rings (SSSR count). The minimum absolute atomic E-state index is 0. The van der Waals surface area contributed by atoms with Crippen molar-refractivity contribution in [2.24, 2.45) is 0 Å². The Morgan fingerprint density at radius 1 is 0.689 bits per heavy atom. The molecule has 2 aliphatic heterocycles. The van der Waals surface area contributed by atoms with Crippen LogP contribution in [-0.4, -0.2) is 44.3 Å². The number of carboxylic acids is 2. The maximum absolute atomic E-state index is 11.4. The van der Waals surface area contributed by atoms with Gasteiger partial charge >= 0.3 is 23.3 Å². The maximum atomic E-state index is 11.4. The van der Waals surface area contributed by atoms with E-state index in [0.717, 1.165) is 22.3 Å². The number of carbonyl (C=O) groups excluding carboxylic acids is 2. The third-order valence-corrected chi connectivity index (χ3v) is 8.47. The molecule has 2 N–H and O–H groups in total. The Hall–Kier alpha value is -3.88. The zero-order chi connectivity index (χ0) is 32.0. The number of aliphatic hydroxyl groups is 2. The van der Waals surface area contributed by atoms with E-state index in [1.807, 2.05) is 33.8 Å². The summed E-state index contributed by atoms with van der Waals surface area (Å²) in [6.45, 7) is 10.8. The number of carbonyl (C=O) groups is 2. The number of carboxylic acid groups (broad SMARTS) is 2. The third kappa shape index (κ3) is 6.58. The fraction of sp³-hybridized carbons (Fsp3) is 0.353. The summed E-state index contributed by atoms with van der Waals surface area (Å²) in [4.78, 5) is 42.3. The van der Waals surface area contributed by atoms with Gasteiger partial charge in [-0.25, -0.2) is 9.97 Å². The predicted octanol–water partition coefficient (Wildman–Crippen LogP) is 2.40. The van der Waals surface area contributed by atoms with E-state index in [4.69, 9.17) is 19.9 Å². The summed E-state index contributed by atoms with van der Waals surface area (Å²) in [6, 6.07) is 7.15. The smallest absolute Gasteiger partial charge is 0.657 e. The standard InChI is InChI=1S/C34H38N4O6.Pd/c1-15-21(7-9-31(41)42)27-14-28-22(8-10-32(43)44)16(2)24(36-28)12-29-34(20(6)40)18(4)26(38-29)13-30-33(19(5)39)17(3)25(37-30)11-23(15)35-27;/h11-14,19-20,39-40H,7-10H2,1-6H3,(H4,35,36,37,38,41,42,43,44);/q;+2/p-2/i;1+3. The van der Waals surface area contributed by atoms with E-state index in [0.29, 0.717) is 67.1 Å². The monoisotopic (exact) mass is 705 g/mol. The third-order valence-electron chi connectivity index (χ3n) is 8.47. The molecule has 0 aromatic carbocycles. The summed E-state index contributed by atoms with van der Waals surface area (Å²) >= 11 is 0. The molecule has 3 aromatic rings. The Kier molecular flexibility index (Phi) is 10.00. The van der Waals surface area contributed by atoms with Crippen LogP contribution in [0.2, 0.25) is 0 Å². The van der Waals surface area contributed by atoms with Crippen LogP contribution in [-0.2, 0) is 42.9 Å². The van der Waals surface area contributed by atoms with E-state index < -0.39 is 24.1 Å². The molecule has 2 unspecified atom stereocenters. The molecule has 2 atom stereocenters. The van der Waals surface area contributed by atoms with Crippen molar-refractivity contribution in [1.82, 2.24) is 19.9 Å². The first kappa shape index (κ1) is 34.0. The van der Waals surface area contributed by atoms with Crippen molar-refractivity contribution in [2.45, 2.75) is 79.4 Å². The Morgan fingerprint density at radius 3 is 1.47 bits per heavy atom. The van der Waals surface area contributed by atoms with Gasteiger partial charge in [-0.1, -0.05) is 40.5 Å². The van der Waals surface area contributed by atoms with E-state index in [1.165, 1.54) is 0 Å². The Balaban J connectivity index is 0.00000256. The van der Waals surface area contributed by atoms with Crippen LogP contribution in [0, 0.1) is 13.8 Å². The first-order valence-electron chi connectivity index (χ1n) is 14.6. The molecular formula is C34H36N4O6Pd. The van der Waals surface area contributed by atoms with Crippen molar-refractivity contribution < 1.29 is 53.3 Å². The fourth-order valence-corrected chi connectivity index (χ4v) is 6.14. The molecule has 0 aliphatic carbocycles. The average molecular weight is 706 g/mol. The molecule has 45 heavy (non-hydrogen) atoms. The molecule has 0 radical (unpaired) electrons. The largest absolute Gasteiger partial charge is 2.00 e. The van der Waals surface area contributed by atoms with Gasteiger partial charge in [0.25, 0.3) is 0 Å². The molecule has 8 bridgehead atoms. The number of hydrogen-bond donors (Lipinski definition) is 2. The van der Waals surface area contributed by atoms with Crippen molar-refractivity contribution in [2.75, 3.05) is 0 Å². The molecule has 11 heteroatoms. The number of aliphatic carboxylic acids is 2. The van der Waals surface area contributed by atoms with Gasteiger partial charge in [-0.15, -0.1) is 22.1 Å². The first-order chi connectivity index (χ1) is 20.8. The quantitative estimate of drug-likeness (QED) is 0.331. The summed E-state index contributed by atoms with van der Waals surface area (Å²) in [5, 5.41) is 44.3. The molecule has 0 saturated heterocycles. The van der Waals surface area contributed by atoms with E-state index >= 15 is 0 Å². The molecular weight excluding hydrogens is 669 g/mol. The number of hydrogen-bond acceptors (Lipinski definition) is 8. The van der Waals surface area contributed by atoms with Gasteiger partial charge < -0.3 is 40.0 Å². The topological polar surface area (TPSA) is 175 Å². The van der Waals surface area contributed by atoms with Crippen molar-refractivity contribution >= 4 is 56.3 Å². The summed E-state index contributed by atoms with van der Waals surface area (Å²) in [6.07, 6.45) is -1.73. The second kappa shape index (κ2) is 13.2. The van der Waals surface area contributed by atoms with Gasteiger partial charge in [-0.2, -0.15) is 0 Å². The molecule has 0 spiro atoms. The molecule has 0 amide bonds. The van der Waals surface area contributed by atoms with Crippen LogP contribution in [0.4, 0.5) is 0 Å². The summed E-state index contributed by atoms with van der Waals surface area (Å²) in [5.74, 6) is -2.37. The summed E-state index contributed by atoms with van der Waals surface area (Å²) in [7, 11) is 0.